The Kier molecular flexibility index (Phi) is 4.29. The zero-order chi connectivity index (χ0) is 17.2. The number of aromatic nitrogens is 4. The van der Waals surface area contributed by atoms with Crippen LogP contribution >= 0.6 is 23.4 Å². The van der Waals surface area contributed by atoms with E-state index in [0.29, 0.717) is 33.6 Å². The molecule has 0 saturated carbocycles. The molecule has 3 heterocycles. The van der Waals surface area contributed by atoms with E-state index in [4.69, 9.17) is 25.0 Å². The first-order chi connectivity index (χ1) is 12.2. The van der Waals surface area contributed by atoms with Crippen LogP contribution in [0.25, 0.3) is 22.9 Å². The quantitative estimate of drug-likeness (QED) is 0.467. The Morgan fingerprint density at radius 3 is 2.68 bits per heavy atom. The molecule has 0 fully saturated rings. The van der Waals surface area contributed by atoms with Gasteiger partial charge in [0.15, 0.2) is 5.82 Å². The van der Waals surface area contributed by atoms with Crippen molar-refractivity contribution in [3.05, 3.63) is 53.2 Å². The zero-order valence-corrected chi connectivity index (χ0v) is 14.5. The van der Waals surface area contributed by atoms with Gasteiger partial charge in [0.2, 0.25) is 0 Å². The second kappa shape index (κ2) is 6.73. The van der Waals surface area contributed by atoms with Gasteiger partial charge in [0, 0.05) is 10.6 Å². The van der Waals surface area contributed by atoms with Gasteiger partial charge in [0.1, 0.15) is 5.76 Å². The van der Waals surface area contributed by atoms with Gasteiger partial charge < -0.3 is 13.4 Å². The molecule has 0 saturated heterocycles. The maximum absolute atomic E-state index is 5.87. The number of hydrogen-bond acceptors (Lipinski definition) is 8. The highest BCUT2D eigenvalue weighted by Crippen LogP contribution is 2.28. The Hall–Kier alpha value is -2.58. The van der Waals surface area contributed by atoms with Crippen molar-refractivity contribution >= 4 is 23.4 Å². The monoisotopic (exact) mass is 374 g/mol. The van der Waals surface area contributed by atoms with E-state index in [-0.39, 0.29) is 0 Å². The molecule has 0 N–H and O–H groups in total. The van der Waals surface area contributed by atoms with Gasteiger partial charge in [0.25, 0.3) is 17.0 Å². The summed E-state index contributed by atoms with van der Waals surface area (Å²) in [5.41, 5.74) is 1.59. The lowest BCUT2D eigenvalue weighted by Gasteiger charge is -1.93. The third-order valence-corrected chi connectivity index (χ3v) is 4.45. The third-order valence-electron chi connectivity index (χ3n) is 3.38. The maximum atomic E-state index is 5.87. The van der Waals surface area contributed by atoms with E-state index in [1.165, 1.54) is 11.8 Å². The van der Waals surface area contributed by atoms with Crippen molar-refractivity contribution in [3.63, 3.8) is 0 Å². The Bertz CT molecular complexity index is 993. The summed E-state index contributed by atoms with van der Waals surface area (Å²) in [5, 5.41) is 13.1. The largest absolute Gasteiger partial charge is 0.469 e. The zero-order valence-electron chi connectivity index (χ0n) is 13.0. The highest BCUT2D eigenvalue weighted by molar-refractivity contribution is 7.98. The molecule has 0 aliphatic rings. The molecule has 0 atom stereocenters. The number of aryl methyl sites for hydroxylation is 1. The molecule has 0 aliphatic heterocycles. The molecule has 0 bridgehead atoms. The SMILES string of the molecule is Cc1occc1-c1nnc(SCc2noc(-c3ccc(Cl)cc3)n2)o1. The lowest BCUT2D eigenvalue weighted by atomic mass is 10.2. The predicted octanol–water partition coefficient (Wildman–Crippen LogP) is 4.63. The van der Waals surface area contributed by atoms with Crippen LogP contribution in [0.1, 0.15) is 11.6 Å². The first-order valence-corrected chi connectivity index (χ1v) is 8.65. The lowest BCUT2D eigenvalue weighted by molar-refractivity contribution is 0.425. The minimum Gasteiger partial charge on any atom is -0.469 e. The van der Waals surface area contributed by atoms with Gasteiger partial charge in [-0.15, -0.1) is 10.2 Å². The van der Waals surface area contributed by atoms with Crippen LogP contribution in [0.4, 0.5) is 0 Å². The molecule has 0 unspecified atom stereocenters. The summed E-state index contributed by atoms with van der Waals surface area (Å²) < 4.78 is 16.1. The highest BCUT2D eigenvalue weighted by atomic mass is 35.5. The van der Waals surface area contributed by atoms with E-state index in [2.05, 4.69) is 20.3 Å². The number of benzene rings is 1. The smallest absolute Gasteiger partial charge is 0.277 e. The number of nitrogens with zero attached hydrogens (tertiary/aromatic N) is 4. The molecule has 3 aromatic heterocycles. The molecule has 126 valence electrons. The van der Waals surface area contributed by atoms with Gasteiger partial charge >= 0.3 is 0 Å². The molecule has 0 amide bonds. The fourth-order valence-electron chi connectivity index (χ4n) is 2.13. The normalized spacial score (nSPS) is 11.1. The number of furan rings is 1. The van der Waals surface area contributed by atoms with Gasteiger partial charge in [-0.05, 0) is 37.3 Å². The van der Waals surface area contributed by atoms with Gasteiger partial charge in [-0.25, -0.2) is 0 Å². The van der Waals surface area contributed by atoms with E-state index in [0.717, 1.165) is 16.9 Å². The summed E-state index contributed by atoms with van der Waals surface area (Å²) in [6.45, 7) is 1.84. The Morgan fingerprint density at radius 1 is 1.08 bits per heavy atom. The van der Waals surface area contributed by atoms with Gasteiger partial charge in [0.05, 0.1) is 17.6 Å². The van der Waals surface area contributed by atoms with Gasteiger partial charge in [-0.3, -0.25) is 0 Å². The average Bonchev–Trinajstić information content (AvgIpc) is 3.33. The summed E-state index contributed by atoms with van der Waals surface area (Å²) in [6.07, 6.45) is 1.58. The van der Waals surface area contributed by atoms with E-state index in [9.17, 15) is 0 Å². The molecule has 9 heteroatoms. The number of rotatable bonds is 5. The van der Waals surface area contributed by atoms with E-state index >= 15 is 0 Å². The molecule has 1 aromatic carbocycles. The fraction of sp³-hybridized carbons (Fsp3) is 0.125. The second-order valence-electron chi connectivity index (χ2n) is 5.07. The van der Waals surface area contributed by atoms with Crippen LogP contribution in [-0.4, -0.2) is 20.3 Å². The van der Waals surface area contributed by atoms with Crippen LogP contribution in [0.15, 0.2) is 55.2 Å². The number of thioether (sulfide) groups is 1. The van der Waals surface area contributed by atoms with Crippen LogP contribution in [0, 0.1) is 6.92 Å². The molecule has 4 aromatic rings. The van der Waals surface area contributed by atoms with Crippen molar-refractivity contribution in [1.82, 2.24) is 20.3 Å². The molecule has 25 heavy (non-hydrogen) atoms. The molecule has 7 nitrogen and oxygen atoms in total. The molecule has 0 aliphatic carbocycles. The van der Waals surface area contributed by atoms with E-state index in [1.54, 1.807) is 24.5 Å². The van der Waals surface area contributed by atoms with Crippen LogP contribution in [0.3, 0.4) is 0 Å². The standard InChI is InChI=1S/C16H11ClN4O3S/c1-9-12(6-7-22-9)15-19-20-16(23-15)25-8-13-18-14(24-21-13)10-2-4-11(17)5-3-10/h2-7H,8H2,1H3. The van der Waals surface area contributed by atoms with Crippen LogP contribution < -0.4 is 0 Å². The van der Waals surface area contributed by atoms with Crippen molar-refractivity contribution in [1.29, 1.82) is 0 Å². The van der Waals surface area contributed by atoms with Gasteiger partial charge in [-0.2, -0.15) is 4.98 Å². The molecule has 0 radical (unpaired) electrons. The average molecular weight is 375 g/mol. The molecular formula is C16H11ClN4O3S. The van der Waals surface area contributed by atoms with E-state index in [1.807, 2.05) is 19.1 Å². The molecule has 4 rings (SSSR count). The maximum Gasteiger partial charge on any atom is 0.277 e. The predicted molar refractivity (Wildman–Crippen MR) is 91.0 cm³/mol. The molecular weight excluding hydrogens is 364 g/mol. The van der Waals surface area contributed by atoms with Gasteiger partial charge in [-0.1, -0.05) is 28.5 Å². The van der Waals surface area contributed by atoms with Crippen molar-refractivity contribution in [3.8, 4) is 22.9 Å². The third kappa shape index (κ3) is 3.45. The Morgan fingerprint density at radius 2 is 1.92 bits per heavy atom. The summed E-state index contributed by atoms with van der Waals surface area (Å²) in [7, 11) is 0. The van der Waals surface area contributed by atoms with E-state index < -0.39 is 0 Å². The Labute approximate surface area is 151 Å². The number of halogens is 1. The first-order valence-electron chi connectivity index (χ1n) is 7.28. The minimum atomic E-state index is 0.420. The Balaban J connectivity index is 1.43. The van der Waals surface area contributed by atoms with Crippen molar-refractivity contribution < 1.29 is 13.4 Å². The van der Waals surface area contributed by atoms with Crippen LogP contribution in [-0.2, 0) is 5.75 Å². The second-order valence-corrected chi connectivity index (χ2v) is 6.44. The first kappa shape index (κ1) is 15.9. The van der Waals surface area contributed by atoms with Crippen molar-refractivity contribution in [2.24, 2.45) is 0 Å². The van der Waals surface area contributed by atoms with Crippen molar-refractivity contribution in [2.75, 3.05) is 0 Å². The minimum absolute atomic E-state index is 0.420. The summed E-state index contributed by atoms with van der Waals surface area (Å²) >= 11 is 7.20. The topological polar surface area (TPSA) is 91.0 Å². The highest BCUT2D eigenvalue weighted by Gasteiger charge is 2.15. The lowest BCUT2D eigenvalue weighted by Crippen LogP contribution is -1.84. The summed E-state index contributed by atoms with van der Waals surface area (Å²) in [6, 6.07) is 8.98. The van der Waals surface area contributed by atoms with Crippen LogP contribution in [0.2, 0.25) is 5.02 Å². The van der Waals surface area contributed by atoms with Crippen molar-refractivity contribution in [2.45, 2.75) is 17.9 Å². The molecule has 0 spiro atoms. The summed E-state index contributed by atoms with van der Waals surface area (Å²) in [5.74, 6) is 2.57. The fourth-order valence-corrected chi connectivity index (χ4v) is 2.86. The number of hydrogen-bond donors (Lipinski definition) is 0. The summed E-state index contributed by atoms with van der Waals surface area (Å²) in [4.78, 5) is 4.35. The van der Waals surface area contributed by atoms with Crippen LogP contribution in [0.5, 0.6) is 0 Å².